The fraction of sp³-hybridized carbons (Fsp3) is 0.333. The van der Waals surface area contributed by atoms with Crippen molar-refractivity contribution < 1.29 is 35.5 Å². The van der Waals surface area contributed by atoms with E-state index in [1.54, 1.807) is 26.0 Å². The molecule has 1 aliphatic rings. The largest absolute Gasteiger partial charge is 0.487 e. The normalized spacial score (nSPS) is 20.5. The molecule has 12 heteroatoms. The van der Waals surface area contributed by atoms with Gasteiger partial charge in [-0.15, -0.1) is 0 Å². The van der Waals surface area contributed by atoms with Gasteiger partial charge in [0.15, 0.2) is 0 Å². The number of aliphatic hydroxyl groups excluding tert-OH is 1. The standard InChI is InChI=1S/C27H30F2N2O6S2/c1-18-15-31(19(2)17-32)39(35,36)27-12-7-21(20-5-4-6-23(29)13-20)14-25(27)37-26(18)16-30(3)38(33,34)24-10-8-22(28)9-11-24/h4-14,18-19,26,32H,15-17H2,1-3H3/t18-,19+,26+/m1/s1. The van der Waals surface area contributed by atoms with Gasteiger partial charge >= 0.3 is 0 Å². The number of likely N-dealkylation sites (N-methyl/N-ethyl adjacent to an activating group) is 1. The molecule has 0 unspecified atom stereocenters. The molecular weight excluding hydrogens is 550 g/mol. The Morgan fingerprint density at radius 1 is 1.05 bits per heavy atom. The maximum atomic E-state index is 13.9. The van der Waals surface area contributed by atoms with E-state index in [1.807, 2.05) is 0 Å². The molecule has 0 saturated carbocycles. The zero-order chi connectivity index (χ0) is 28.5. The van der Waals surface area contributed by atoms with Crippen LogP contribution in [0.15, 0.2) is 76.5 Å². The Morgan fingerprint density at radius 2 is 1.72 bits per heavy atom. The molecule has 0 amide bonds. The second-order valence-electron chi connectivity index (χ2n) is 9.65. The SMILES string of the molecule is C[C@@H]1CN([C@@H](C)CO)S(=O)(=O)c2ccc(-c3cccc(F)c3)cc2O[C@H]1CN(C)S(=O)(=O)c1ccc(F)cc1. The number of sulfonamides is 2. The van der Waals surface area contributed by atoms with Crippen LogP contribution >= 0.6 is 0 Å². The van der Waals surface area contributed by atoms with Crippen LogP contribution in [0, 0.1) is 17.6 Å². The van der Waals surface area contributed by atoms with E-state index in [4.69, 9.17) is 4.74 Å². The lowest BCUT2D eigenvalue weighted by atomic mass is 10.0. The van der Waals surface area contributed by atoms with E-state index in [2.05, 4.69) is 0 Å². The summed E-state index contributed by atoms with van der Waals surface area (Å²) in [5, 5.41) is 9.81. The van der Waals surface area contributed by atoms with Gasteiger partial charge in [-0.2, -0.15) is 8.61 Å². The lowest BCUT2D eigenvalue weighted by Gasteiger charge is -2.37. The van der Waals surface area contributed by atoms with Crippen LogP contribution in [0.5, 0.6) is 5.75 Å². The Hall–Kier alpha value is -2.90. The van der Waals surface area contributed by atoms with Gasteiger partial charge in [-0.1, -0.05) is 25.1 Å². The molecule has 1 aliphatic heterocycles. The van der Waals surface area contributed by atoms with Crippen molar-refractivity contribution >= 4 is 20.0 Å². The van der Waals surface area contributed by atoms with Crippen molar-refractivity contribution in [3.05, 3.63) is 78.4 Å². The molecule has 39 heavy (non-hydrogen) atoms. The summed E-state index contributed by atoms with van der Waals surface area (Å²) in [6, 6.07) is 13.9. The third kappa shape index (κ3) is 5.99. The number of hydrogen-bond donors (Lipinski definition) is 1. The zero-order valence-electron chi connectivity index (χ0n) is 21.7. The van der Waals surface area contributed by atoms with Crippen LogP contribution in [0.1, 0.15) is 13.8 Å². The Balaban J connectivity index is 1.77. The summed E-state index contributed by atoms with van der Waals surface area (Å²) in [5.74, 6) is -1.56. The number of aliphatic hydroxyl groups is 1. The smallest absolute Gasteiger partial charge is 0.247 e. The van der Waals surface area contributed by atoms with E-state index in [9.17, 15) is 30.7 Å². The second kappa shape index (κ2) is 11.3. The van der Waals surface area contributed by atoms with Crippen LogP contribution in [0.4, 0.5) is 8.78 Å². The van der Waals surface area contributed by atoms with Crippen molar-refractivity contribution in [1.29, 1.82) is 0 Å². The predicted octanol–water partition coefficient (Wildman–Crippen LogP) is 3.72. The summed E-state index contributed by atoms with van der Waals surface area (Å²) < 4.78 is 89.5. The maximum Gasteiger partial charge on any atom is 0.247 e. The highest BCUT2D eigenvalue weighted by Gasteiger charge is 2.39. The lowest BCUT2D eigenvalue weighted by molar-refractivity contribution is 0.0905. The monoisotopic (exact) mass is 580 g/mol. The van der Waals surface area contributed by atoms with E-state index in [0.29, 0.717) is 11.1 Å². The minimum atomic E-state index is -4.11. The van der Waals surface area contributed by atoms with Gasteiger partial charge in [0.2, 0.25) is 20.0 Å². The van der Waals surface area contributed by atoms with E-state index < -0.39 is 56.4 Å². The minimum Gasteiger partial charge on any atom is -0.487 e. The lowest BCUT2D eigenvalue weighted by Crippen LogP contribution is -2.50. The Morgan fingerprint density at radius 3 is 2.36 bits per heavy atom. The number of rotatable bonds is 7. The average Bonchev–Trinajstić information content (AvgIpc) is 2.90. The van der Waals surface area contributed by atoms with Gasteiger partial charge in [-0.25, -0.2) is 25.6 Å². The molecule has 0 aromatic heterocycles. The van der Waals surface area contributed by atoms with E-state index in [-0.39, 0.29) is 28.6 Å². The molecule has 210 valence electrons. The second-order valence-corrected chi connectivity index (χ2v) is 13.6. The molecule has 1 N–H and O–H groups in total. The van der Waals surface area contributed by atoms with Crippen molar-refractivity contribution in [1.82, 2.24) is 8.61 Å². The number of benzene rings is 3. The highest BCUT2D eigenvalue weighted by Crippen LogP contribution is 2.37. The van der Waals surface area contributed by atoms with Crippen molar-refractivity contribution in [3.63, 3.8) is 0 Å². The molecule has 0 spiro atoms. The Kier molecular flexibility index (Phi) is 8.43. The number of fused-ring (bicyclic) bond motifs is 1. The molecule has 8 nitrogen and oxygen atoms in total. The van der Waals surface area contributed by atoms with Crippen LogP contribution in [-0.2, 0) is 20.0 Å². The molecule has 0 saturated heterocycles. The first-order valence-corrected chi connectivity index (χ1v) is 15.1. The van der Waals surface area contributed by atoms with Crippen molar-refractivity contribution in [2.75, 3.05) is 26.7 Å². The number of ether oxygens (including phenoxy) is 1. The fourth-order valence-electron chi connectivity index (χ4n) is 4.43. The number of hydrogen-bond acceptors (Lipinski definition) is 6. The minimum absolute atomic E-state index is 0.0176. The molecule has 0 aliphatic carbocycles. The zero-order valence-corrected chi connectivity index (χ0v) is 23.3. The molecule has 0 radical (unpaired) electrons. The molecule has 1 heterocycles. The van der Waals surface area contributed by atoms with Gasteiger partial charge in [0.25, 0.3) is 0 Å². The van der Waals surface area contributed by atoms with Gasteiger partial charge in [0.05, 0.1) is 18.0 Å². The topological polar surface area (TPSA) is 104 Å². The van der Waals surface area contributed by atoms with Crippen molar-refractivity contribution in [3.8, 4) is 16.9 Å². The van der Waals surface area contributed by atoms with Gasteiger partial charge in [0.1, 0.15) is 28.4 Å². The summed E-state index contributed by atoms with van der Waals surface area (Å²) in [7, 11) is -6.77. The predicted molar refractivity (Wildman–Crippen MR) is 142 cm³/mol. The summed E-state index contributed by atoms with van der Waals surface area (Å²) in [5.41, 5.74) is 1.01. The first-order chi connectivity index (χ1) is 18.3. The van der Waals surface area contributed by atoms with Crippen LogP contribution in [0.2, 0.25) is 0 Å². The molecule has 0 bridgehead atoms. The highest BCUT2D eigenvalue weighted by atomic mass is 32.2. The van der Waals surface area contributed by atoms with Crippen LogP contribution in [-0.4, -0.2) is 69.4 Å². The third-order valence-electron chi connectivity index (χ3n) is 6.78. The Labute approximate surface area is 227 Å². The van der Waals surface area contributed by atoms with E-state index in [1.165, 1.54) is 53.8 Å². The van der Waals surface area contributed by atoms with Crippen LogP contribution in [0.3, 0.4) is 0 Å². The fourth-order valence-corrected chi connectivity index (χ4v) is 7.44. The highest BCUT2D eigenvalue weighted by molar-refractivity contribution is 7.89. The van der Waals surface area contributed by atoms with Crippen LogP contribution < -0.4 is 4.74 Å². The first kappa shape index (κ1) is 29.1. The summed E-state index contributed by atoms with van der Waals surface area (Å²) >= 11 is 0. The van der Waals surface area contributed by atoms with Gasteiger partial charge < -0.3 is 9.84 Å². The van der Waals surface area contributed by atoms with Gasteiger partial charge in [-0.3, -0.25) is 0 Å². The first-order valence-electron chi connectivity index (χ1n) is 12.3. The Bertz CT molecular complexity index is 1550. The van der Waals surface area contributed by atoms with E-state index in [0.717, 1.165) is 16.4 Å². The number of nitrogens with zero attached hydrogens (tertiary/aromatic N) is 2. The van der Waals surface area contributed by atoms with Gasteiger partial charge in [0, 0.05) is 25.6 Å². The molecule has 3 aromatic rings. The third-order valence-corrected chi connectivity index (χ3v) is 10.6. The van der Waals surface area contributed by atoms with Crippen molar-refractivity contribution in [2.45, 2.75) is 35.8 Å². The summed E-state index contributed by atoms with van der Waals surface area (Å²) in [4.78, 5) is -0.249. The molecule has 4 rings (SSSR count). The number of halogens is 2. The molecule has 0 fully saturated rings. The summed E-state index contributed by atoms with van der Waals surface area (Å²) in [6.45, 7) is 2.70. The molecule has 3 atom stereocenters. The van der Waals surface area contributed by atoms with E-state index >= 15 is 0 Å². The maximum absolute atomic E-state index is 13.9. The summed E-state index contributed by atoms with van der Waals surface area (Å²) in [6.07, 6.45) is -0.810. The molecular formula is C27H30F2N2O6S2. The quantitative estimate of drug-likeness (QED) is 0.457. The van der Waals surface area contributed by atoms with Crippen LogP contribution in [0.25, 0.3) is 11.1 Å². The molecule has 3 aromatic carbocycles. The van der Waals surface area contributed by atoms with Crippen molar-refractivity contribution in [2.24, 2.45) is 5.92 Å². The average molecular weight is 581 g/mol. The van der Waals surface area contributed by atoms with Gasteiger partial charge in [-0.05, 0) is 66.6 Å².